The number of para-hydroxylation sites is 1. The van der Waals surface area contributed by atoms with Gasteiger partial charge in [-0.1, -0.05) is 41.4 Å². The molecule has 24 heavy (non-hydrogen) atoms. The Morgan fingerprint density at radius 3 is 2.46 bits per heavy atom. The first-order valence-corrected chi connectivity index (χ1v) is 7.46. The maximum Gasteiger partial charge on any atom is 0.471 e. The van der Waals surface area contributed by atoms with Crippen LogP contribution in [0.1, 0.15) is 0 Å². The summed E-state index contributed by atoms with van der Waals surface area (Å²) < 4.78 is 37.7. The number of alkyl halides is 3. The minimum atomic E-state index is -5.03. The molecule has 2 aromatic carbocycles. The second kappa shape index (κ2) is 6.03. The molecule has 3 nitrogen and oxygen atoms in total. The number of halogens is 5. The topological polar surface area (TPSA) is 44.9 Å². The van der Waals surface area contributed by atoms with Crippen molar-refractivity contribution in [3.8, 4) is 11.3 Å². The van der Waals surface area contributed by atoms with Gasteiger partial charge < -0.3 is 10.3 Å². The minimum Gasteiger partial charge on any atom is -0.354 e. The van der Waals surface area contributed by atoms with Gasteiger partial charge in [-0.05, 0) is 24.3 Å². The van der Waals surface area contributed by atoms with E-state index >= 15 is 0 Å². The Morgan fingerprint density at radius 2 is 1.79 bits per heavy atom. The van der Waals surface area contributed by atoms with Crippen molar-refractivity contribution in [3.05, 3.63) is 52.5 Å². The van der Waals surface area contributed by atoms with Crippen molar-refractivity contribution in [3.63, 3.8) is 0 Å². The van der Waals surface area contributed by atoms with Crippen LogP contribution in [0.5, 0.6) is 0 Å². The standard InChI is InChI=1S/C16H9Cl2F3N2O/c17-9-6-10(13-5-8-3-1-2-4-12(8)22-13)14(11(18)7-9)23-15(24)16(19,20)21/h1-7,22H,(H,23,24). The van der Waals surface area contributed by atoms with E-state index in [4.69, 9.17) is 23.2 Å². The average molecular weight is 373 g/mol. The first kappa shape index (κ1) is 16.7. The Kier molecular flexibility index (Phi) is 4.19. The summed E-state index contributed by atoms with van der Waals surface area (Å²) in [6.45, 7) is 0. The monoisotopic (exact) mass is 372 g/mol. The lowest BCUT2D eigenvalue weighted by Gasteiger charge is -2.14. The molecule has 3 aromatic rings. The van der Waals surface area contributed by atoms with Gasteiger partial charge in [0.2, 0.25) is 0 Å². The lowest BCUT2D eigenvalue weighted by atomic mass is 10.1. The van der Waals surface area contributed by atoms with Crippen molar-refractivity contribution >= 4 is 45.7 Å². The number of rotatable bonds is 2. The SMILES string of the molecule is O=C(Nc1c(Cl)cc(Cl)cc1-c1cc2ccccc2[nH]1)C(F)(F)F. The molecule has 1 aromatic heterocycles. The second-order valence-corrected chi connectivity index (χ2v) is 5.88. The number of aromatic amines is 1. The normalized spacial score (nSPS) is 11.7. The highest BCUT2D eigenvalue weighted by Gasteiger charge is 2.39. The Hall–Kier alpha value is -2.18. The van der Waals surface area contributed by atoms with E-state index in [0.717, 1.165) is 10.9 Å². The summed E-state index contributed by atoms with van der Waals surface area (Å²) in [5.41, 5.74) is 1.38. The molecule has 3 rings (SSSR count). The summed E-state index contributed by atoms with van der Waals surface area (Å²) in [5.74, 6) is -2.11. The maximum absolute atomic E-state index is 12.6. The van der Waals surface area contributed by atoms with Gasteiger partial charge in [-0.15, -0.1) is 0 Å². The molecule has 0 saturated heterocycles. The largest absolute Gasteiger partial charge is 0.471 e. The van der Waals surface area contributed by atoms with E-state index in [1.54, 1.807) is 6.07 Å². The number of benzene rings is 2. The average Bonchev–Trinajstić information content (AvgIpc) is 2.92. The maximum atomic E-state index is 12.6. The van der Waals surface area contributed by atoms with Crippen molar-refractivity contribution in [2.45, 2.75) is 6.18 Å². The van der Waals surface area contributed by atoms with Gasteiger partial charge in [-0.3, -0.25) is 4.79 Å². The van der Waals surface area contributed by atoms with E-state index in [1.165, 1.54) is 12.1 Å². The summed E-state index contributed by atoms with van der Waals surface area (Å²) in [4.78, 5) is 14.4. The molecule has 0 fully saturated rings. The molecule has 0 aliphatic carbocycles. The number of anilines is 1. The van der Waals surface area contributed by atoms with Crippen LogP contribution in [0.3, 0.4) is 0 Å². The van der Waals surface area contributed by atoms with Crippen molar-refractivity contribution in [1.29, 1.82) is 0 Å². The smallest absolute Gasteiger partial charge is 0.354 e. The van der Waals surface area contributed by atoms with Crippen molar-refractivity contribution in [1.82, 2.24) is 4.98 Å². The molecule has 1 heterocycles. The number of hydrogen-bond acceptors (Lipinski definition) is 1. The number of carbonyl (C=O) groups is 1. The highest BCUT2D eigenvalue weighted by atomic mass is 35.5. The molecular weight excluding hydrogens is 364 g/mol. The predicted octanol–water partition coefficient (Wildman–Crippen LogP) is 5.64. The molecule has 0 saturated carbocycles. The van der Waals surface area contributed by atoms with Crippen molar-refractivity contribution < 1.29 is 18.0 Å². The summed E-state index contributed by atoms with van der Waals surface area (Å²) >= 11 is 12.0. The molecule has 124 valence electrons. The van der Waals surface area contributed by atoms with Gasteiger partial charge in [0.25, 0.3) is 0 Å². The molecule has 0 aliphatic rings. The minimum absolute atomic E-state index is 0.0891. The Balaban J connectivity index is 2.14. The van der Waals surface area contributed by atoms with Crippen LogP contribution in [0.15, 0.2) is 42.5 Å². The van der Waals surface area contributed by atoms with Crippen molar-refractivity contribution in [2.75, 3.05) is 5.32 Å². The molecular formula is C16H9Cl2F3N2O. The van der Waals surface area contributed by atoms with Gasteiger partial charge >= 0.3 is 12.1 Å². The van der Waals surface area contributed by atoms with Crippen LogP contribution < -0.4 is 5.32 Å². The zero-order valence-electron chi connectivity index (χ0n) is 11.8. The molecule has 2 N–H and O–H groups in total. The summed E-state index contributed by atoms with van der Waals surface area (Å²) in [7, 11) is 0. The van der Waals surface area contributed by atoms with Crippen LogP contribution in [0.25, 0.3) is 22.2 Å². The number of nitrogens with one attached hydrogen (secondary N) is 2. The van der Waals surface area contributed by atoms with E-state index < -0.39 is 12.1 Å². The Bertz CT molecular complexity index is 902. The van der Waals surface area contributed by atoms with E-state index in [-0.39, 0.29) is 21.3 Å². The highest BCUT2D eigenvalue weighted by molar-refractivity contribution is 6.37. The van der Waals surface area contributed by atoms with E-state index in [1.807, 2.05) is 29.6 Å². The lowest BCUT2D eigenvalue weighted by molar-refractivity contribution is -0.167. The van der Waals surface area contributed by atoms with Gasteiger partial charge in [-0.25, -0.2) is 0 Å². The number of fused-ring (bicyclic) bond motifs is 1. The molecule has 0 unspecified atom stereocenters. The molecule has 1 amide bonds. The van der Waals surface area contributed by atoms with Crippen LogP contribution in [-0.2, 0) is 4.79 Å². The first-order chi connectivity index (χ1) is 11.3. The fraction of sp³-hybridized carbons (Fsp3) is 0.0625. The van der Waals surface area contributed by atoms with E-state index in [2.05, 4.69) is 4.98 Å². The third-order valence-electron chi connectivity index (χ3n) is 3.37. The third-order valence-corrected chi connectivity index (χ3v) is 3.89. The predicted molar refractivity (Wildman–Crippen MR) is 88.4 cm³/mol. The van der Waals surface area contributed by atoms with E-state index in [0.29, 0.717) is 5.69 Å². The molecule has 0 bridgehead atoms. The lowest BCUT2D eigenvalue weighted by Crippen LogP contribution is -2.30. The fourth-order valence-corrected chi connectivity index (χ4v) is 2.86. The summed E-state index contributed by atoms with van der Waals surface area (Å²) in [6.07, 6.45) is -5.03. The van der Waals surface area contributed by atoms with Gasteiger partial charge in [0.05, 0.1) is 10.7 Å². The Labute approximate surface area is 144 Å². The summed E-state index contributed by atoms with van der Waals surface area (Å²) in [6, 6.07) is 11.7. The quantitative estimate of drug-likeness (QED) is 0.600. The number of H-pyrrole nitrogens is 1. The molecule has 0 radical (unpaired) electrons. The van der Waals surface area contributed by atoms with Gasteiger partial charge in [0.1, 0.15) is 0 Å². The van der Waals surface area contributed by atoms with Crippen LogP contribution in [0, 0.1) is 0 Å². The van der Waals surface area contributed by atoms with Gasteiger partial charge in [0.15, 0.2) is 0 Å². The summed E-state index contributed by atoms with van der Waals surface area (Å²) in [5, 5.41) is 2.82. The zero-order valence-corrected chi connectivity index (χ0v) is 13.4. The van der Waals surface area contributed by atoms with Crippen LogP contribution >= 0.6 is 23.2 Å². The first-order valence-electron chi connectivity index (χ1n) is 6.71. The van der Waals surface area contributed by atoms with Gasteiger partial charge in [-0.2, -0.15) is 13.2 Å². The van der Waals surface area contributed by atoms with E-state index in [9.17, 15) is 18.0 Å². The number of amides is 1. The molecule has 8 heteroatoms. The van der Waals surface area contributed by atoms with Crippen molar-refractivity contribution in [2.24, 2.45) is 0 Å². The number of aromatic nitrogens is 1. The molecule has 0 spiro atoms. The fourth-order valence-electron chi connectivity index (χ4n) is 2.32. The Morgan fingerprint density at radius 1 is 1.08 bits per heavy atom. The number of carbonyl (C=O) groups excluding carboxylic acids is 1. The van der Waals surface area contributed by atoms with Crippen LogP contribution in [0.4, 0.5) is 18.9 Å². The van der Waals surface area contributed by atoms with Crippen LogP contribution in [-0.4, -0.2) is 17.1 Å². The zero-order chi connectivity index (χ0) is 17.5. The third kappa shape index (κ3) is 3.20. The second-order valence-electron chi connectivity index (χ2n) is 5.03. The molecule has 0 atom stereocenters. The van der Waals surface area contributed by atoms with Gasteiger partial charge in [0, 0.05) is 27.2 Å². The number of hydrogen-bond donors (Lipinski definition) is 2. The highest BCUT2D eigenvalue weighted by Crippen LogP contribution is 2.38. The molecule has 0 aliphatic heterocycles. The van der Waals surface area contributed by atoms with Crippen LogP contribution in [0.2, 0.25) is 10.0 Å².